The molecule has 4 N–H and O–H groups in total. The van der Waals surface area contributed by atoms with Gasteiger partial charge in [-0.1, -0.05) is 0 Å². The van der Waals surface area contributed by atoms with Crippen molar-refractivity contribution in [2.24, 2.45) is 0 Å². The summed E-state index contributed by atoms with van der Waals surface area (Å²) in [6.45, 7) is 2.99. The highest BCUT2D eigenvalue weighted by Gasteiger charge is 2.16. The molecule has 0 fully saturated rings. The first-order valence-electron chi connectivity index (χ1n) is 4.70. The van der Waals surface area contributed by atoms with Gasteiger partial charge in [-0.15, -0.1) is 11.8 Å². The van der Waals surface area contributed by atoms with E-state index in [-0.39, 0.29) is 0 Å². The second kappa shape index (κ2) is 6.63. The quantitative estimate of drug-likeness (QED) is 0.360. The van der Waals surface area contributed by atoms with Gasteiger partial charge in [-0.05, 0) is 32.4 Å². The molecule has 0 radical (unpaired) electrons. The van der Waals surface area contributed by atoms with Gasteiger partial charge < -0.3 is 20.4 Å². The number of hydrogen-bond donors (Lipinski definition) is 4. The lowest BCUT2D eigenvalue weighted by molar-refractivity contribution is -0.0176. The monoisotopic (exact) mass is 224 g/mol. The Morgan fingerprint density at radius 2 is 1.79 bits per heavy atom. The normalized spacial score (nSPS) is 16.7. The summed E-state index contributed by atoms with van der Waals surface area (Å²) in [4.78, 5) is -0.749. The van der Waals surface area contributed by atoms with E-state index >= 15 is 0 Å². The van der Waals surface area contributed by atoms with E-state index in [0.29, 0.717) is 12.8 Å². The SMILES string of the molecule is CC(C)(O)SCCCC(O)C(O)CO. The van der Waals surface area contributed by atoms with Crippen molar-refractivity contribution in [1.82, 2.24) is 0 Å². The molecule has 0 aliphatic carbocycles. The van der Waals surface area contributed by atoms with Crippen LogP contribution in [0.15, 0.2) is 0 Å². The molecule has 86 valence electrons. The Labute approximate surface area is 89.0 Å². The minimum absolute atomic E-state index is 0.417. The zero-order chi connectivity index (χ0) is 11.2. The average molecular weight is 224 g/mol. The third-order valence-corrected chi connectivity index (χ3v) is 2.93. The van der Waals surface area contributed by atoms with Crippen LogP contribution < -0.4 is 0 Å². The second-order valence-electron chi connectivity index (χ2n) is 3.75. The Balaban J connectivity index is 3.45. The van der Waals surface area contributed by atoms with Gasteiger partial charge in [-0.3, -0.25) is 0 Å². The summed E-state index contributed by atoms with van der Waals surface area (Å²) in [5, 5.41) is 36.2. The number of rotatable bonds is 7. The van der Waals surface area contributed by atoms with Crippen LogP contribution in [0.25, 0.3) is 0 Å². The first-order chi connectivity index (χ1) is 6.37. The van der Waals surface area contributed by atoms with E-state index in [1.807, 2.05) is 0 Å². The molecule has 0 aliphatic heterocycles. The topological polar surface area (TPSA) is 80.9 Å². The first kappa shape index (κ1) is 14.2. The van der Waals surface area contributed by atoms with Crippen LogP contribution in [0, 0.1) is 0 Å². The first-order valence-corrected chi connectivity index (χ1v) is 5.68. The smallest absolute Gasteiger partial charge is 0.104 e. The molecule has 0 rings (SSSR count). The van der Waals surface area contributed by atoms with Gasteiger partial charge >= 0.3 is 0 Å². The summed E-state index contributed by atoms with van der Waals surface area (Å²) in [7, 11) is 0. The lowest BCUT2D eigenvalue weighted by Gasteiger charge is -2.18. The number of aliphatic hydroxyl groups is 4. The number of hydrogen-bond acceptors (Lipinski definition) is 5. The van der Waals surface area contributed by atoms with Crippen molar-refractivity contribution < 1.29 is 20.4 Å². The van der Waals surface area contributed by atoms with Crippen LogP contribution in [0.5, 0.6) is 0 Å². The van der Waals surface area contributed by atoms with Gasteiger partial charge in [0.15, 0.2) is 0 Å². The Morgan fingerprint density at radius 3 is 2.21 bits per heavy atom. The molecule has 14 heavy (non-hydrogen) atoms. The van der Waals surface area contributed by atoms with E-state index < -0.39 is 23.7 Å². The summed E-state index contributed by atoms with van der Waals surface area (Å²) in [6.07, 6.45) is -0.790. The summed E-state index contributed by atoms with van der Waals surface area (Å²) >= 11 is 1.40. The highest BCUT2D eigenvalue weighted by atomic mass is 32.2. The maximum Gasteiger partial charge on any atom is 0.104 e. The molecule has 0 aliphatic rings. The Bertz CT molecular complexity index is 146. The van der Waals surface area contributed by atoms with Gasteiger partial charge in [0.2, 0.25) is 0 Å². The van der Waals surface area contributed by atoms with Gasteiger partial charge in [0.1, 0.15) is 11.0 Å². The standard InChI is InChI=1S/C9H20O4S/c1-9(2,13)14-5-3-4-7(11)8(12)6-10/h7-8,10-13H,3-6H2,1-2H3. The van der Waals surface area contributed by atoms with Crippen molar-refractivity contribution in [3.63, 3.8) is 0 Å². The van der Waals surface area contributed by atoms with Gasteiger partial charge in [-0.25, -0.2) is 0 Å². The minimum atomic E-state index is -1.05. The fourth-order valence-electron chi connectivity index (χ4n) is 0.928. The van der Waals surface area contributed by atoms with Crippen molar-refractivity contribution in [2.45, 2.75) is 43.8 Å². The van der Waals surface area contributed by atoms with Gasteiger partial charge in [0, 0.05) is 0 Å². The maximum absolute atomic E-state index is 9.35. The molecule has 0 aromatic heterocycles. The van der Waals surface area contributed by atoms with Gasteiger partial charge in [0.05, 0.1) is 12.7 Å². The molecular formula is C9H20O4S. The van der Waals surface area contributed by atoms with Crippen molar-refractivity contribution in [3.8, 4) is 0 Å². The average Bonchev–Trinajstić information content (AvgIpc) is 2.09. The molecule has 0 aromatic rings. The lowest BCUT2D eigenvalue weighted by atomic mass is 10.1. The molecule has 0 amide bonds. The van der Waals surface area contributed by atoms with Crippen LogP contribution in [0.2, 0.25) is 0 Å². The molecule has 0 bridgehead atoms. The zero-order valence-electron chi connectivity index (χ0n) is 8.68. The number of aliphatic hydroxyl groups excluding tert-OH is 3. The highest BCUT2D eigenvalue weighted by molar-refractivity contribution is 8.00. The van der Waals surface area contributed by atoms with Crippen molar-refractivity contribution in [3.05, 3.63) is 0 Å². The molecule has 5 heteroatoms. The fraction of sp³-hybridized carbons (Fsp3) is 1.00. The van der Waals surface area contributed by atoms with Crippen LogP contribution in [0.4, 0.5) is 0 Å². The summed E-state index contributed by atoms with van der Waals surface area (Å²) in [5.74, 6) is 0.721. The van der Waals surface area contributed by atoms with E-state index in [9.17, 15) is 10.2 Å². The largest absolute Gasteiger partial charge is 0.394 e. The summed E-state index contributed by atoms with van der Waals surface area (Å²) in [5.41, 5.74) is 0. The van der Waals surface area contributed by atoms with Crippen LogP contribution in [-0.4, -0.2) is 49.9 Å². The van der Waals surface area contributed by atoms with Crippen molar-refractivity contribution in [1.29, 1.82) is 0 Å². The van der Waals surface area contributed by atoms with Gasteiger partial charge in [0.25, 0.3) is 0 Å². The van der Waals surface area contributed by atoms with E-state index in [1.54, 1.807) is 13.8 Å². The van der Waals surface area contributed by atoms with Crippen LogP contribution in [-0.2, 0) is 0 Å². The molecule has 0 saturated carbocycles. The van der Waals surface area contributed by atoms with E-state index in [2.05, 4.69) is 0 Å². The molecule has 4 nitrogen and oxygen atoms in total. The highest BCUT2D eigenvalue weighted by Crippen LogP contribution is 2.22. The second-order valence-corrected chi connectivity index (χ2v) is 5.45. The Kier molecular flexibility index (Phi) is 6.72. The maximum atomic E-state index is 9.35. The molecule has 2 atom stereocenters. The summed E-state index contributed by atoms with van der Waals surface area (Å²) < 4.78 is 0. The van der Waals surface area contributed by atoms with E-state index in [1.165, 1.54) is 11.8 Å². The summed E-state index contributed by atoms with van der Waals surface area (Å²) in [6, 6.07) is 0. The lowest BCUT2D eigenvalue weighted by Crippen LogP contribution is -2.29. The Hall–Kier alpha value is 0.190. The van der Waals surface area contributed by atoms with Crippen molar-refractivity contribution in [2.75, 3.05) is 12.4 Å². The van der Waals surface area contributed by atoms with Crippen LogP contribution in [0.3, 0.4) is 0 Å². The van der Waals surface area contributed by atoms with Gasteiger partial charge in [-0.2, -0.15) is 0 Å². The molecule has 2 unspecified atom stereocenters. The van der Waals surface area contributed by atoms with E-state index in [0.717, 1.165) is 5.75 Å². The van der Waals surface area contributed by atoms with Crippen LogP contribution in [0.1, 0.15) is 26.7 Å². The molecule has 0 aromatic carbocycles. The predicted octanol–water partition coefficient (Wildman–Crippen LogP) is -0.0577. The fourth-order valence-corrected chi connectivity index (χ4v) is 1.74. The molecule has 0 heterocycles. The molecule has 0 spiro atoms. The number of thioether (sulfide) groups is 1. The third kappa shape index (κ3) is 7.58. The Morgan fingerprint density at radius 1 is 1.21 bits per heavy atom. The van der Waals surface area contributed by atoms with Crippen molar-refractivity contribution >= 4 is 11.8 Å². The third-order valence-electron chi connectivity index (χ3n) is 1.73. The molecule has 0 saturated heterocycles. The zero-order valence-corrected chi connectivity index (χ0v) is 9.50. The van der Waals surface area contributed by atoms with Crippen LogP contribution >= 0.6 is 11.8 Å². The minimum Gasteiger partial charge on any atom is -0.394 e. The predicted molar refractivity (Wildman–Crippen MR) is 57.1 cm³/mol. The molecular weight excluding hydrogens is 204 g/mol. The van der Waals surface area contributed by atoms with E-state index in [4.69, 9.17) is 10.2 Å².